The Balaban J connectivity index is 2.72. The van der Waals surface area contributed by atoms with Gasteiger partial charge in [-0.05, 0) is 12.1 Å². The Kier molecular flexibility index (Phi) is 2.57. The van der Waals surface area contributed by atoms with Crippen molar-refractivity contribution < 1.29 is 13.6 Å². The zero-order chi connectivity index (χ0) is 11.7. The summed E-state index contributed by atoms with van der Waals surface area (Å²) in [5.41, 5.74) is -0.238. The molecule has 0 radical (unpaired) electrons. The van der Waals surface area contributed by atoms with Gasteiger partial charge in [0, 0.05) is 5.02 Å². The first-order valence-electron chi connectivity index (χ1n) is 4.12. The monoisotopic (exact) mass is 242 g/mol. The van der Waals surface area contributed by atoms with E-state index in [1.807, 2.05) is 5.10 Å². The lowest BCUT2D eigenvalue weighted by Gasteiger charge is -2.01. The summed E-state index contributed by atoms with van der Waals surface area (Å²) >= 11 is 5.62. The van der Waals surface area contributed by atoms with E-state index in [1.54, 1.807) is 0 Å². The molecule has 1 N–H and O–H groups in total. The molecule has 2 aromatic rings. The molecule has 0 amide bonds. The van der Waals surface area contributed by atoms with Crippen molar-refractivity contribution in [3.63, 3.8) is 0 Å². The lowest BCUT2D eigenvalue weighted by atomic mass is 10.1. The van der Waals surface area contributed by atoms with Crippen molar-refractivity contribution in [1.29, 1.82) is 0 Å². The fourth-order valence-corrected chi connectivity index (χ4v) is 1.43. The molecule has 7 heteroatoms. The van der Waals surface area contributed by atoms with E-state index in [2.05, 4.69) is 9.52 Å². The number of aromatic amines is 1. The fourth-order valence-electron chi connectivity index (χ4n) is 1.23. The molecule has 1 heterocycles. The second kappa shape index (κ2) is 3.90. The fraction of sp³-hybridized carbons (Fsp3) is 0. The van der Waals surface area contributed by atoms with Crippen LogP contribution in [0.4, 0.5) is 4.39 Å². The number of rotatable bonds is 2. The minimum Gasteiger partial charge on any atom is -0.388 e. The maximum atomic E-state index is 13.3. The van der Waals surface area contributed by atoms with Gasteiger partial charge in [0.25, 0.3) is 0 Å². The average Bonchev–Trinajstić information content (AvgIpc) is 2.63. The molecule has 0 spiro atoms. The number of nitrogens with one attached hydrogen (secondary N) is 1. The molecule has 0 aliphatic heterocycles. The molecule has 1 aromatic carbocycles. The summed E-state index contributed by atoms with van der Waals surface area (Å²) in [6, 6.07) is 2.27. The van der Waals surface area contributed by atoms with Crippen LogP contribution in [0.1, 0.15) is 10.4 Å². The smallest absolute Gasteiger partial charge is 0.388 e. The quantitative estimate of drug-likeness (QED) is 0.812. The summed E-state index contributed by atoms with van der Waals surface area (Å²) in [4.78, 5) is 21.4. The lowest BCUT2D eigenvalue weighted by Crippen LogP contribution is -1.94. The largest absolute Gasteiger partial charge is 0.434 e. The molecule has 0 fully saturated rings. The number of aldehydes is 1. The van der Waals surface area contributed by atoms with E-state index in [-0.39, 0.29) is 22.0 Å². The number of H-pyrrole nitrogens is 1. The van der Waals surface area contributed by atoms with Gasteiger partial charge in [-0.2, -0.15) is 0 Å². The van der Waals surface area contributed by atoms with E-state index in [0.717, 1.165) is 6.07 Å². The van der Waals surface area contributed by atoms with Crippen molar-refractivity contribution in [1.82, 2.24) is 10.2 Å². The first-order chi connectivity index (χ1) is 7.61. The number of hydrogen-bond donors (Lipinski definition) is 1. The number of hydrogen-bond acceptors (Lipinski definition) is 4. The van der Waals surface area contributed by atoms with Gasteiger partial charge < -0.3 is 4.42 Å². The third kappa shape index (κ3) is 1.74. The Hall–Kier alpha value is -1.95. The number of carbonyl (C=O) groups is 1. The van der Waals surface area contributed by atoms with E-state index >= 15 is 0 Å². The first kappa shape index (κ1) is 10.6. The molecular formula is C9H4ClFN2O3. The summed E-state index contributed by atoms with van der Waals surface area (Å²) in [5.74, 6) is -1.79. The van der Waals surface area contributed by atoms with Gasteiger partial charge in [0.15, 0.2) is 6.29 Å². The predicted molar refractivity (Wildman–Crippen MR) is 52.9 cm³/mol. The Labute approximate surface area is 92.8 Å². The molecule has 0 atom stereocenters. The normalized spacial score (nSPS) is 10.4. The summed E-state index contributed by atoms with van der Waals surface area (Å²) < 4.78 is 17.9. The van der Waals surface area contributed by atoms with Gasteiger partial charge in [-0.25, -0.2) is 14.3 Å². The van der Waals surface area contributed by atoms with Crippen LogP contribution in [0.3, 0.4) is 0 Å². The molecule has 1 aromatic heterocycles. The third-order valence-corrected chi connectivity index (χ3v) is 2.10. The zero-order valence-corrected chi connectivity index (χ0v) is 8.42. The van der Waals surface area contributed by atoms with Gasteiger partial charge in [0.1, 0.15) is 5.82 Å². The van der Waals surface area contributed by atoms with E-state index < -0.39 is 11.6 Å². The highest BCUT2D eigenvalue weighted by molar-refractivity contribution is 6.31. The van der Waals surface area contributed by atoms with Crippen molar-refractivity contribution in [3.8, 4) is 11.5 Å². The topological polar surface area (TPSA) is 76.0 Å². The van der Waals surface area contributed by atoms with E-state index in [9.17, 15) is 14.0 Å². The summed E-state index contributed by atoms with van der Waals surface area (Å²) in [7, 11) is 0. The molecular weight excluding hydrogens is 239 g/mol. The van der Waals surface area contributed by atoms with Crippen molar-refractivity contribution in [2.75, 3.05) is 0 Å². The Bertz CT molecular complexity index is 605. The standard InChI is InChI=1S/C9H4ClFN2O3/c10-4-1-5(6(3-14)7(11)2-4)8-12-13-9(15)16-8/h1-3H,(H,13,15). The minimum absolute atomic E-state index is 0.0263. The van der Waals surface area contributed by atoms with Crippen LogP contribution in [0.15, 0.2) is 21.3 Å². The molecule has 0 aliphatic carbocycles. The minimum atomic E-state index is -0.803. The SMILES string of the molecule is O=Cc1c(F)cc(Cl)cc1-c1n[nH]c(=O)o1. The Morgan fingerprint density at radius 1 is 1.50 bits per heavy atom. The number of benzene rings is 1. The average molecular weight is 243 g/mol. The van der Waals surface area contributed by atoms with Crippen LogP contribution in [0.25, 0.3) is 11.5 Å². The van der Waals surface area contributed by atoms with E-state index in [1.165, 1.54) is 6.07 Å². The molecule has 16 heavy (non-hydrogen) atoms. The number of halogens is 2. The lowest BCUT2D eigenvalue weighted by molar-refractivity contribution is 0.112. The Morgan fingerprint density at radius 2 is 2.25 bits per heavy atom. The highest BCUT2D eigenvalue weighted by atomic mass is 35.5. The van der Waals surface area contributed by atoms with E-state index in [4.69, 9.17) is 11.6 Å². The van der Waals surface area contributed by atoms with Gasteiger partial charge in [-0.3, -0.25) is 4.79 Å². The van der Waals surface area contributed by atoms with Gasteiger partial charge in [-0.1, -0.05) is 11.6 Å². The van der Waals surface area contributed by atoms with Crippen LogP contribution in [-0.4, -0.2) is 16.5 Å². The van der Waals surface area contributed by atoms with Gasteiger partial charge in [-0.15, -0.1) is 5.10 Å². The molecule has 0 saturated heterocycles. The van der Waals surface area contributed by atoms with Crippen LogP contribution in [0.2, 0.25) is 5.02 Å². The first-order valence-corrected chi connectivity index (χ1v) is 4.49. The predicted octanol–water partition coefficient (Wildman–Crippen LogP) is 1.63. The number of nitrogens with zero attached hydrogens (tertiary/aromatic N) is 1. The van der Waals surface area contributed by atoms with Crippen LogP contribution in [-0.2, 0) is 0 Å². The molecule has 0 aliphatic rings. The van der Waals surface area contributed by atoms with Gasteiger partial charge in [0.2, 0.25) is 5.89 Å². The van der Waals surface area contributed by atoms with Crippen LogP contribution in [0.5, 0.6) is 0 Å². The van der Waals surface area contributed by atoms with Crippen molar-refractivity contribution in [2.45, 2.75) is 0 Å². The molecule has 2 rings (SSSR count). The van der Waals surface area contributed by atoms with Crippen molar-refractivity contribution in [2.24, 2.45) is 0 Å². The van der Waals surface area contributed by atoms with Gasteiger partial charge in [0.05, 0.1) is 11.1 Å². The van der Waals surface area contributed by atoms with Crippen molar-refractivity contribution >= 4 is 17.9 Å². The number of carbonyl (C=O) groups excluding carboxylic acids is 1. The van der Waals surface area contributed by atoms with Gasteiger partial charge >= 0.3 is 5.76 Å². The third-order valence-electron chi connectivity index (χ3n) is 1.88. The zero-order valence-electron chi connectivity index (χ0n) is 7.66. The van der Waals surface area contributed by atoms with E-state index in [0.29, 0.717) is 6.29 Å². The second-order valence-electron chi connectivity index (χ2n) is 2.88. The van der Waals surface area contributed by atoms with Crippen LogP contribution < -0.4 is 5.76 Å². The molecule has 0 unspecified atom stereocenters. The molecule has 82 valence electrons. The highest BCUT2D eigenvalue weighted by Crippen LogP contribution is 2.26. The second-order valence-corrected chi connectivity index (χ2v) is 3.32. The van der Waals surface area contributed by atoms with Crippen LogP contribution in [0, 0.1) is 5.82 Å². The molecule has 0 bridgehead atoms. The summed E-state index contributed by atoms with van der Waals surface area (Å²) in [6.45, 7) is 0. The highest BCUT2D eigenvalue weighted by Gasteiger charge is 2.15. The Morgan fingerprint density at radius 3 is 2.81 bits per heavy atom. The van der Waals surface area contributed by atoms with Crippen LogP contribution >= 0.6 is 11.6 Å². The maximum Gasteiger partial charge on any atom is 0.434 e. The number of aromatic nitrogens is 2. The van der Waals surface area contributed by atoms with Crippen molar-refractivity contribution in [3.05, 3.63) is 39.1 Å². The summed E-state index contributed by atoms with van der Waals surface area (Å²) in [5, 5.41) is 5.57. The maximum absolute atomic E-state index is 13.3. The molecule has 0 saturated carbocycles. The molecule has 5 nitrogen and oxygen atoms in total. The summed E-state index contributed by atoms with van der Waals surface area (Å²) in [6.07, 6.45) is 0.301.